The van der Waals surface area contributed by atoms with Crippen LogP contribution in [0.2, 0.25) is 0 Å². The molecular weight excluding hydrogens is 366 g/mol. The van der Waals surface area contributed by atoms with Gasteiger partial charge < -0.3 is 14.5 Å². The summed E-state index contributed by atoms with van der Waals surface area (Å²) >= 11 is 1.29. The molecule has 0 spiro atoms. The smallest absolute Gasteiger partial charge is 0.268 e. The number of H-pyrrole nitrogens is 1. The van der Waals surface area contributed by atoms with Gasteiger partial charge in [0.25, 0.3) is 5.91 Å². The third-order valence-electron chi connectivity index (χ3n) is 4.10. The molecule has 0 unspecified atom stereocenters. The molecule has 0 aliphatic carbocycles. The van der Waals surface area contributed by atoms with Crippen LogP contribution in [0.25, 0.3) is 21.3 Å². The Morgan fingerprint density at radius 1 is 1.22 bits per heavy atom. The number of aromatic amines is 1. The first-order valence-corrected chi connectivity index (χ1v) is 9.01. The number of carbonyl (C=O) groups excluding carboxylic acids is 1. The summed E-state index contributed by atoms with van der Waals surface area (Å²) in [6, 6.07) is 7.59. The predicted octanol–water partition coefficient (Wildman–Crippen LogP) is 3.28. The lowest BCUT2D eigenvalue weighted by atomic mass is 10.2. The Morgan fingerprint density at radius 3 is 2.78 bits per heavy atom. The molecule has 0 aliphatic rings. The molecule has 0 atom stereocenters. The second-order valence-electron chi connectivity index (χ2n) is 5.88. The molecule has 0 bridgehead atoms. The number of benzene rings is 1. The van der Waals surface area contributed by atoms with Crippen molar-refractivity contribution in [1.82, 2.24) is 19.9 Å². The number of nitrogens with one attached hydrogen (secondary N) is 2. The van der Waals surface area contributed by atoms with Crippen molar-refractivity contribution in [2.24, 2.45) is 0 Å². The maximum absolute atomic E-state index is 12.8. The van der Waals surface area contributed by atoms with Gasteiger partial charge in [0.05, 0.1) is 28.4 Å². The van der Waals surface area contributed by atoms with Gasteiger partial charge in [-0.05, 0) is 24.6 Å². The molecule has 3 aromatic heterocycles. The van der Waals surface area contributed by atoms with Crippen molar-refractivity contribution in [3.8, 4) is 5.88 Å². The Morgan fingerprint density at radius 2 is 2.04 bits per heavy atom. The van der Waals surface area contributed by atoms with Crippen LogP contribution < -0.4 is 10.1 Å². The standard InChI is InChI=1S/C18H17N5O3S/c1-9-13-16(26-3)21-12(8-25-2)22-17(13)27-14(9)15(24)23-18-19-10-6-4-5-7-11(10)20-18/h4-7H,8H2,1-3H3,(H2,19,20,23,24). The van der Waals surface area contributed by atoms with E-state index in [-0.39, 0.29) is 12.5 Å². The Labute approximate surface area is 158 Å². The van der Waals surface area contributed by atoms with Crippen molar-refractivity contribution in [3.05, 3.63) is 40.5 Å². The number of anilines is 1. The fourth-order valence-electron chi connectivity index (χ4n) is 2.88. The van der Waals surface area contributed by atoms with E-state index in [1.54, 1.807) is 14.2 Å². The van der Waals surface area contributed by atoms with Gasteiger partial charge in [0.1, 0.15) is 11.4 Å². The maximum Gasteiger partial charge on any atom is 0.268 e. The van der Waals surface area contributed by atoms with Crippen LogP contribution in [-0.2, 0) is 11.3 Å². The van der Waals surface area contributed by atoms with E-state index in [0.29, 0.717) is 27.4 Å². The normalized spacial score (nSPS) is 11.2. The van der Waals surface area contributed by atoms with Crippen LogP contribution in [0.15, 0.2) is 24.3 Å². The van der Waals surface area contributed by atoms with Crippen molar-refractivity contribution in [1.29, 1.82) is 0 Å². The van der Waals surface area contributed by atoms with Gasteiger partial charge in [-0.25, -0.2) is 9.97 Å². The van der Waals surface area contributed by atoms with Crippen LogP contribution in [0.1, 0.15) is 21.1 Å². The number of aryl methyl sites for hydroxylation is 1. The summed E-state index contributed by atoms with van der Waals surface area (Å²) < 4.78 is 10.5. The number of aromatic nitrogens is 4. The molecule has 138 valence electrons. The molecule has 9 heteroatoms. The number of nitrogens with zero attached hydrogens (tertiary/aromatic N) is 3. The maximum atomic E-state index is 12.8. The number of methoxy groups -OCH3 is 2. The molecule has 4 rings (SSSR count). The average Bonchev–Trinajstić information content (AvgIpc) is 3.21. The van der Waals surface area contributed by atoms with Crippen LogP contribution in [0, 0.1) is 6.92 Å². The quantitative estimate of drug-likeness (QED) is 0.548. The van der Waals surface area contributed by atoms with Crippen LogP contribution in [-0.4, -0.2) is 40.1 Å². The van der Waals surface area contributed by atoms with Gasteiger partial charge in [-0.2, -0.15) is 4.98 Å². The van der Waals surface area contributed by atoms with Gasteiger partial charge in [0.2, 0.25) is 11.8 Å². The van der Waals surface area contributed by atoms with Gasteiger partial charge in [-0.15, -0.1) is 11.3 Å². The molecule has 27 heavy (non-hydrogen) atoms. The van der Waals surface area contributed by atoms with Gasteiger partial charge in [-0.3, -0.25) is 10.1 Å². The molecule has 1 aromatic carbocycles. The first kappa shape index (κ1) is 17.4. The monoisotopic (exact) mass is 383 g/mol. The third-order valence-corrected chi connectivity index (χ3v) is 5.28. The van der Waals surface area contributed by atoms with E-state index in [2.05, 4.69) is 25.3 Å². The number of hydrogen-bond acceptors (Lipinski definition) is 7. The summed E-state index contributed by atoms with van der Waals surface area (Å²) in [5.41, 5.74) is 2.42. The zero-order chi connectivity index (χ0) is 19.0. The highest BCUT2D eigenvalue weighted by molar-refractivity contribution is 7.20. The molecule has 0 saturated carbocycles. The number of thiophene rings is 1. The minimum absolute atomic E-state index is 0.259. The van der Waals surface area contributed by atoms with Crippen LogP contribution in [0.3, 0.4) is 0 Å². The SMILES string of the molecule is COCc1nc(OC)c2c(C)c(C(=O)Nc3nc4ccccc4[nH]3)sc2n1. The number of amides is 1. The van der Waals surface area contributed by atoms with E-state index in [1.807, 2.05) is 31.2 Å². The second kappa shape index (κ2) is 6.93. The molecule has 1 amide bonds. The number of hydrogen-bond donors (Lipinski definition) is 2. The highest BCUT2D eigenvalue weighted by Crippen LogP contribution is 2.35. The van der Waals surface area contributed by atoms with Gasteiger partial charge in [0, 0.05) is 7.11 Å². The molecule has 0 fully saturated rings. The molecule has 4 aromatic rings. The van der Waals surface area contributed by atoms with Crippen molar-refractivity contribution < 1.29 is 14.3 Å². The lowest BCUT2D eigenvalue weighted by Gasteiger charge is -2.05. The van der Waals surface area contributed by atoms with Crippen molar-refractivity contribution in [2.75, 3.05) is 19.5 Å². The number of rotatable bonds is 5. The number of imidazole rings is 1. The summed E-state index contributed by atoms with van der Waals surface area (Å²) in [5.74, 6) is 1.08. The molecular formula is C18H17N5O3S. The first-order valence-electron chi connectivity index (χ1n) is 8.19. The van der Waals surface area contributed by atoms with Gasteiger partial charge in [0.15, 0.2) is 5.82 Å². The van der Waals surface area contributed by atoms with Crippen LogP contribution >= 0.6 is 11.3 Å². The van der Waals surface area contributed by atoms with E-state index in [4.69, 9.17) is 9.47 Å². The van der Waals surface area contributed by atoms with E-state index in [0.717, 1.165) is 22.0 Å². The highest BCUT2D eigenvalue weighted by atomic mass is 32.1. The zero-order valence-electron chi connectivity index (χ0n) is 15.0. The van der Waals surface area contributed by atoms with E-state index in [1.165, 1.54) is 11.3 Å². The summed E-state index contributed by atoms with van der Waals surface area (Å²) in [5, 5.41) is 3.55. The van der Waals surface area contributed by atoms with Crippen LogP contribution in [0.5, 0.6) is 5.88 Å². The molecule has 0 aliphatic heterocycles. The lowest BCUT2D eigenvalue weighted by Crippen LogP contribution is -2.12. The predicted molar refractivity (Wildman–Crippen MR) is 103 cm³/mol. The van der Waals surface area contributed by atoms with Gasteiger partial charge in [-0.1, -0.05) is 12.1 Å². The Hall–Kier alpha value is -3.04. The first-order chi connectivity index (χ1) is 13.1. The molecule has 3 heterocycles. The molecule has 2 N–H and O–H groups in total. The van der Waals surface area contributed by atoms with Crippen molar-refractivity contribution in [3.63, 3.8) is 0 Å². The topological polar surface area (TPSA) is 102 Å². The van der Waals surface area contributed by atoms with E-state index >= 15 is 0 Å². The molecule has 0 radical (unpaired) electrons. The Kier molecular flexibility index (Phi) is 4.46. The summed E-state index contributed by atoms with van der Waals surface area (Å²) in [7, 11) is 3.12. The van der Waals surface area contributed by atoms with Gasteiger partial charge >= 0.3 is 0 Å². The minimum atomic E-state index is -0.259. The summed E-state index contributed by atoms with van der Waals surface area (Å²) in [4.78, 5) is 30.3. The molecule has 0 saturated heterocycles. The number of para-hydroxylation sites is 2. The number of carbonyl (C=O) groups is 1. The van der Waals surface area contributed by atoms with E-state index in [9.17, 15) is 4.79 Å². The lowest BCUT2D eigenvalue weighted by molar-refractivity contribution is 0.102. The second-order valence-corrected chi connectivity index (χ2v) is 6.87. The molecule has 8 nitrogen and oxygen atoms in total. The minimum Gasteiger partial charge on any atom is -0.480 e. The van der Waals surface area contributed by atoms with Crippen LogP contribution in [0.4, 0.5) is 5.95 Å². The van der Waals surface area contributed by atoms with E-state index < -0.39 is 0 Å². The number of ether oxygens (including phenoxy) is 2. The fourth-order valence-corrected chi connectivity index (χ4v) is 3.96. The zero-order valence-corrected chi connectivity index (χ0v) is 15.8. The highest BCUT2D eigenvalue weighted by Gasteiger charge is 2.22. The Bertz CT molecular complexity index is 1120. The fraction of sp³-hybridized carbons (Fsp3) is 0.222. The van der Waals surface area contributed by atoms with Crippen molar-refractivity contribution >= 4 is 44.4 Å². The number of fused-ring (bicyclic) bond motifs is 2. The average molecular weight is 383 g/mol. The van der Waals surface area contributed by atoms with Crippen molar-refractivity contribution in [2.45, 2.75) is 13.5 Å². The Balaban J connectivity index is 1.71. The third kappa shape index (κ3) is 3.11. The summed E-state index contributed by atoms with van der Waals surface area (Å²) in [6.45, 7) is 2.12. The summed E-state index contributed by atoms with van der Waals surface area (Å²) in [6.07, 6.45) is 0. The largest absolute Gasteiger partial charge is 0.480 e.